The van der Waals surface area contributed by atoms with Crippen molar-refractivity contribution < 1.29 is 9.59 Å². The molecule has 1 aromatic rings. The van der Waals surface area contributed by atoms with E-state index >= 15 is 0 Å². The van der Waals surface area contributed by atoms with Gasteiger partial charge in [-0.05, 0) is 30.5 Å². The molecule has 0 N–H and O–H groups in total. The highest BCUT2D eigenvalue weighted by molar-refractivity contribution is 5.89. The number of amides is 2. The molecule has 0 bridgehead atoms. The highest BCUT2D eigenvalue weighted by atomic mass is 16.2. The molecule has 1 aliphatic carbocycles. The SMILES string of the molecule is O=C([C@@H]1CC(=O)N(C2CC2)C1)N1CCN(Cc2ccncc2)CC1. The summed E-state index contributed by atoms with van der Waals surface area (Å²) in [5.74, 6) is 0.229. The highest BCUT2D eigenvalue weighted by Crippen LogP contribution is 2.33. The van der Waals surface area contributed by atoms with Gasteiger partial charge in [-0.2, -0.15) is 0 Å². The van der Waals surface area contributed by atoms with Crippen LogP contribution >= 0.6 is 0 Å². The lowest BCUT2D eigenvalue weighted by Gasteiger charge is -2.35. The summed E-state index contributed by atoms with van der Waals surface area (Å²) in [7, 11) is 0. The summed E-state index contributed by atoms with van der Waals surface area (Å²) in [4.78, 5) is 35.1. The molecule has 2 amide bonds. The Hall–Kier alpha value is -1.95. The van der Waals surface area contributed by atoms with Crippen LogP contribution in [0.3, 0.4) is 0 Å². The van der Waals surface area contributed by atoms with E-state index < -0.39 is 0 Å². The fourth-order valence-electron chi connectivity index (χ4n) is 3.77. The van der Waals surface area contributed by atoms with Crippen molar-refractivity contribution in [3.8, 4) is 0 Å². The highest BCUT2D eigenvalue weighted by Gasteiger charge is 2.43. The van der Waals surface area contributed by atoms with E-state index in [0.717, 1.165) is 45.6 Å². The third-order valence-corrected chi connectivity index (χ3v) is 5.33. The number of likely N-dealkylation sites (tertiary alicyclic amines) is 1. The van der Waals surface area contributed by atoms with Crippen LogP contribution in [0.15, 0.2) is 24.5 Å². The zero-order valence-corrected chi connectivity index (χ0v) is 13.9. The number of carbonyl (C=O) groups is 2. The minimum Gasteiger partial charge on any atom is -0.340 e. The van der Waals surface area contributed by atoms with Crippen LogP contribution in [0.25, 0.3) is 0 Å². The third kappa shape index (κ3) is 3.29. The first-order valence-corrected chi connectivity index (χ1v) is 8.90. The van der Waals surface area contributed by atoms with Crippen LogP contribution in [0, 0.1) is 5.92 Å². The van der Waals surface area contributed by atoms with E-state index in [1.807, 2.05) is 34.3 Å². The number of carbonyl (C=O) groups excluding carboxylic acids is 2. The van der Waals surface area contributed by atoms with Gasteiger partial charge in [0, 0.05) is 64.1 Å². The molecule has 1 atom stereocenters. The van der Waals surface area contributed by atoms with Gasteiger partial charge in [-0.15, -0.1) is 0 Å². The lowest BCUT2D eigenvalue weighted by atomic mass is 10.1. The van der Waals surface area contributed by atoms with Crippen molar-refractivity contribution in [3.05, 3.63) is 30.1 Å². The second-order valence-electron chi connectivity index (χ2n) is 7.14. The molecule has 128 valence electrons. The van der Waals surface area contributed by atoms with Gasteiger partial charge in [-0.25, -0.2) is 0 Å². The molecule has 1 aromatic heterocycles. The van der Waals surface area contributed by atoms with Gasteiger partial charge in [0.2, 0.25) is 11.8 Å². The minimum absolute atomic E-state index is 0.121. The topological polar surface area (TPSA) is 56.8 Å². The van der Waals surface area contributed by atoms with Gasteiger partial charge in [0.1, 0.15) is 0 Å². The zero-order chi connectivity index (χ0) is 16.5. The molecule has 0 spiro atoms. The summed E-state index contributed by atoms with van der Waals surface area (Å²) >= 11 is 0. The first kappa shape index (κ1) is 15.6. The van der Waals surface area contributed by atoms with Crippen LogP contribution < -0.4 is 0 Å². The van der Waals surface area contributed by atoms with E-state index in [-0.39, 0.29) is 17.7 Å². The van der Waals surface area contributed by atoms with Crippen LogP contribution in [0.1, 0.15) is 24.8 Å². The fourth-order valence-corrected chi connectivity index (χ4v) is 3.77. The summed E-state index contributed by atoms with van der Waals surface area (Å²) < 4.78 is 0. The largest absolute Gasteiger partial charge is 0.340 e. The molecular formula is C18H24N4O2. The van der Waals surface area contributed by atoms with Crippen LogP contribution in [-0.2, 0) is 16.1 Å². The summed E-state index contributed by atoms with van der Waals surface area (Å²) in [6, 6.07) is 4.50. The Labute approximate surface area is 142 Å². The molecule has 3 fully saturated rings. The van der Waals surface area contributed by atoms with E-state index in [1.165, 1.54) is 5.56 Å². The molecule has 24 heavy (non-hydrogen) atoms. The monoisotopic (exact) mass is 328 g/mol. The molecule has 2 saturated heterocycles. The van der Waals surface area contributed by atoms with E-state index in [9.17, 15) is 9.59 Å². The standard InChI is InChI=1S/C18H24N4O2/c23-17-11-15(13-22(17)16-1-2-16)18(24)21-9-7-20(8-10-21)12-14-3-5-19-6-4-14/h3-6,15-16H,1-2,7-13H2/t15-/m1/s1. The number of piperazine rings is 1. The number of rotatable bonds is 4. The lowest BCUT2D eigenvalue weighted by molar-refractivity contribution is -0.137. The first-order chi connectivity index (χ1) is 11.7. The molecule has 0 aromatic carbocycles. The van der Waals surface area contributed by atoms with Crippen LogP contribution in [0.2, 0.25) is 0 Å². The number of hydrogen-bond acceptors (Lipinski definition) is 4. The van der Waals surface area contributed by atoms with Crippen molar-refractivity contribution in [2.75, 3.05) is 32.7 Å². The smallest absolute Gasteiger partial charge is 0.228 e. The Morgan fingerprint density at radius 1 is 1.12 bits per heavy atom. The maximum absolute atomic E-state index is 12.7. The van der Waals surface area contributed by atoms with E-state index in [0.29, 0.717) is 19.0 Å². The Morgan fingerprint density at radius 2 is 1.83 bits per heavy atom. The van der Waals surface area contributed by atoms with Gasteiger partial charge in [-0.1, -0.05) is 0 Å². The van der Waals surface area contributed by atoms with Crippen molar-refractivity contribution in [1.29, 1.82) is 0 Å². The summed E-state index contributed by atoms with van der Waals surface area (Å²) in [5, 5.41) is 0. The third-order valence-electron chi connectivity index (χ3n) is 5.33. The second kappa shape index (κ2) is 6.51. The zero-order valence-electron chi connectivity index (χ0n) is 13.9. The molecule has 1 saturated carbocycles. The Morgan fingerprint density at radius 3 is 2.50 bits per heavy atom. The van der Waals surface area contributed by atoms with Crippen LogP contribution in [0.4, 0.5) is 0 Å². The van der Waals surface area contributed by atoms with Crippen LogP contribution in [-0.4, -0.2) is 70.3 Å². The van der Waals surface area contributed by atoms with Gasteiger partial charge < -0.3 is 9.80 Å². The molecule has 6 heteroatoms. The van der Waals surface area contributed by atoms with Crippen molar-refractivity contribution in [1.82, 2.24) is 19.7 Å². The Balaban J connectivity index is 1.28. The molecule has 0 unspecified atom stereocenters. The quantitative estimate of drug-likeness (QED) is 0.818. The molecule has 3 aliphatic rings. The average Bonchev–Trinajstić information content (AvgIpc) is 3.38. The Kier molecular flexibility index (Phi) is 4.22. The van der Waals surface area contributed by atoms with E-state index in [2.05, 4.69) is 9.88 Å². The molecular weight excluding hydrogens is 304 g/mol. The lowest BCUT2D eigenvalue weighted by Crippen LogP contribution is -2.50. The second-order valence-corrected chi connectivity index (χ2v) is 7.14. The van der Waals surface area contributed by atoms with Crippen molar-refractivity contribution in [2.24, 2.45) is 5.92 Å². The minimum atomic E-state index is -0.121. The molecule has 3 heterocycles. The van der Waals surface area contributed by atoms with Gasteiger partial charge in [0.05, 0.1) is 5.92 Å². The summed E-state index contributed by atoms with van der Waals surface area (Å²) in [6.07, 6.45) is 6.27. The number of hydrogen-bond donors (Lipinski definition) is 0. The molecule has 0 radical (unpaired) electrons. The van der Waals surface area contributed by atoms with Crippen molar-refractivity contribution in [2.45, 2.75) is 31.8 Å². The summed E-state index contributed by atoms with van der Waals surface area (Å²) in [6.45, 7) is 4.85. The van der Waals surface area contributed by atoms with E-state index in [1.54, 1.807) is 0 Å². The fraction of sp³-hybridized carbons (Fsp3) is 0.611. The van der Waals surface area contributed by atoms with Crippen LogP contribution in [0.5, 0.6) is 0 Å². The molecule has 2 aliphatic heterocycles. The maximum Gasteiger partial charge on any atom is 0.228 e. The number of pyridine rings is 1. The predicted octanol–water partition coefficient (Wildman–Crippen LogP) is 0.737. The van der Waals surface area contributed by atoms with Gasteiger partial charge in [-0.3, -0.25) is 19.5 Å². The number of aromatic nitrogens is 1. The summed E-state index contributed by atoms with van der Waals surface area (Å²) in [5.41, 5.74) is 1.26. The predicted molar refractivity (Wildman–Crippen MR) is 88.9 cm³/mol. The molecule has 6 nitrogen and oxygen atoms in total. The number of nitrogens with zero attached hydrogens (tertiary/aromatic N) is 4. The van der Waals surface area contributed by atoms with E-state index in [4.69, 9.17) is 0 Å². The van der Waals surface area contributed by atoms with Crippen molar-refractivity contribution >= 4 is 11.8 Å². The average molecular weight is 328 g/mol. The normalized spacial score (nSPS) is 25.3. The van der Waals surface area contributed by atoms with Crippen molar-refractivity contribution in [3.63, 3.8) is 0 Å². The van der Waals surface area contributed by atoms with Gasteiger partial charge in [0.25, 0.3) is 0 Å². The van der Waals surface area contributed by atoms with Gasteiger partial charge in [0.15, 0.2) is 0 Å². The molecule has 4 rings (SSSR count). The first-order valence-electron chi connectivity index (χ1n) is 8.90. The van der Waals surface area contributed by atoms with Gasteiger partial charge >= 0.3 is 0 Å². The maximum atomic E-state index is 12.7. The Bertz CT molecular complexity index is 609.